The second kappa shape index (κ2) is 8.39. The summed E-state index contributed by atoms with van der Waals surface area (Å²) < 4.78 is 18.6. The van der Waals surface area contributed by atoms with Gasteiger partial charge in [0, 0.05) is 12.7 Å². The number of aliphatic hydroxyl groups excluding tert-OH is 1. The van der Waals surface area contributed by atoms with Crippen molar-refractivity contribution in [3.63, 3.8) is 0 Å². The summed E-state index contributed by atoms with van der Waals surface area (Å²) >= 11 is 0. The highest BCUT2D eigenvalue weighted by Crippen LogP contribution is 2.40. The Morgan fingerprint density at radius 2 is 1.77 bits per heavy atom. The van der Waals surface area contributed by atoms with Crippen molar-refractivity contribution in [2.24, 2.45) is 0 Å². The van der Waals surface area contributed by atoms with Crippen LogP contribution in [0.4, 0.5) is 4.39 Å². The van der Waals surface area contributed by atoms with Crippen LogP contribution in [0, 0.1) is 5.82 Å². The molecule has 3 aromatic rings. The predicted molar refractivity (Wildman–Crippen MR) is 111 cm³/mol. The molecule has 156 valence electrons. The van der Waals surface area contributed by atoms with Gasteiger partial charge in [-0.3, -0.25) is 14.6 Å². The zero-order valence-electron chi connectivity index (χ0n) is 16.7. The van der Waals surface area contributed by atoms with Crippen molar-refractivity contribution in [1.29, 1.82) is 0 Å². The minimum absolute atomic E-state index is 0.0504. The largest absolute Gasteiger partial charge is 0.507 e. The summed E-state index contributed by atoms with van der Waals surface area (Å²) in [7, 11) is 1.45. The van der Waals surface area contributed by atoms with Gasteiger partial charge in [-0.1, -0.05) is 30.3 Å². The number of halogens is 1. The van der Waals surface area contributed by atoms with Gasteiger partial charge < -0.3 is 14.7 Å². The Hall–Kier alpha value is -4.00. The number of carbonyl (C=O) groups excluding carboxylic acids is 2. The fraction of sp³-hybridized carbons (Fsp3) is 0.125. The number of Topliss-reactive ketones (excluding diaryl/α,β-unsaturated/α-hetero) is 1. The molecule has 0 bridgehead atoms. The van der Waals surface area contributed by atoms with Crippen molar-refractivity contribution in [2.45, 2.75) is 12.6 Å². The molecular formula is C24H19FN2O4. The number of pyridine rings is 1. The Labute approximate surface area is 178 Å². The number of aromatic nitrogens is 1. The Bertz CT molecular complexity index is 1160. The number of benzene rings is 2. The molecule has 4 rings (SSSR count). The minimum Gasteiger partial charge on any atom is -0.507 e. The molecule has 6 nitrogen and oxygen atoms in total. The van der Waals surface area contributed by atoms with Crippen LogP contribution in [0.3, 0.4) is 0 Å². The lowest BCUT2D eigenvalue weighted by atomic mass is 9.97. The van der Waals surface area contributed by atoms with Crippen LogP contribution in [-0.4, -0.2) is 33.8 Å². The van der Waals surface area contributed by atoms with Gasteiger partial charge in [0.15, 0.2) is 0 Å². The SMILES string of the molecule is COc1ccccc1/C(O)=C1/C(=O)C(=O)N(Cc2ccc(F)cc2)C1c1ccccn1. The number of amides is 1. The van der Waals surface area contributed by atoms with Gasteiger partial charge in [-0.15, -0.1) is 0 Å². The fourth-order valence-corrected chi connectivity index (χ4v) is 3.66. The van der Waals surface area contributed by atoms with Crippen molar-refractivity contribution >= 4 is 17.4 Å². The number of carbonyl (C=O) groups is 2. The fourth-order valence-electron chi connectivity index (χ4n) is 3.66. The first-order chi connectivity index (χ1) is 15.0. The van der Waals surface area contributed by atoms with Crippen molar-refractivity contribution in [2.75, 3.05) is 7.11 Å². The third kappa shape index (κ3) is 3.77. The first-order valence-electron chi connectivity index (χ1n) is 9.58. The summed E-state index contributed by atoms with van der Waals surface area (Å²) in [4.78, 5) is 31.6. The number of aliphatic hydroxyl groups is 1. The van der Waals surface area contributed by atoms with Crippen LogP contribution in [-0.2, 0) is 16.1 Å². The normalized spacial score (nSPS) is 17.7. The maximum absolute atomic E-state index is 13.3. The number of ether oxygens (including phenoxy) is 1. The molecule has 7 heteroatoms. The smallest absolute Gasteiger partial charge is 0.296 e. The Kier molecular flexibility index (Phi) is 5.49. The molecule has 1 amide bonds. The lowest BCUT2D eigenvalue weighted by Crippen LogP contribution is -2.29. The van der Waals surface area contributed by atoms with E-state index in [1.165, 1.54) is 24.1 Å². The van der Waals surface area contributed by atoms with E-state index in [0.717, 1.165) is 0 Å². The van der Waals surface area contributed by atoms with E-state index in [1.807, 2.05) is 0 Å². The molecule has 0 spiro atoms. The summed E-state index contributed by atoms with van der Waals surface area (Å²) in [5.74, 6) is -1.96. The van der Waals surface area contributed by atoms with E-state index in [4.69, 9.17) is 4.74 Å². The number of likely N-dealkylation sites (tertiary alicyclic amines) is 1. The first-order valence-corrected chi connectivity index (χ1v) is 9.58. The molecule has 0 radical (unpaired) electrons. The second-order valence-electron chi connectivity index (χ2n) is 7.01. The van der Waals surface area contributed by atoms with Gasteiger partial charge in [0.05, 0.1) is 23.9 Å². The number of ketones is 1. The van der Waals surface area contributed by atoms with Crippen LogP contribution in [0.15, 0.2) is 78.5 Å². The Morgan fingerprint density at radius 1 is 1.06 bits per heavy atom. The standard InChI is InChI=1S/C24H19FN2O4/c1-31-19-8-3-2-6-17(19)22(28)20-21(18-7-4-5-13-26-18)27(24(30)23(20)29)14-15-9-11-16(25)12-10-15/h2-13,21,28H,14H2,1H3/b22-20-. The highest BCUT2D eigenvalue weighted by Gasteiger charge is 2.46. The van der Waals surface area contributed by atoms with Crippen LogP contribution in [0.25, 0.3) is 5.76 Å². The number of nitrogens with zero attached hydrogens (tertiary/aromatic N) is 2. The van der Waals surface area contributed by atoms with E-state index in [0.29, 0.717) is 22.6 Å². The van der Waals surface area contributed by atoms with Gasteiger partial charge in [0.1, 0.15) is 23.4 Å². The van der Waals surface area contributed by atoms with E-state index < -0.39 is 23.5 Å². The van der Waals surface area contributed by atoms with Crippen LogP contribution >= 0.6 is 0 Å². The molecule has 1 aliphatic heterocycles. The van der Waals surface area contributed by atoms with Gasteiger partial charge in [-0.05, 0) is 42.0 Å². The third-order valence-electron chi connectivity index (χ3n) is 5.14. The van der Waals surface area contributed by atoms with Gasteiger partial charge in [-0.25, -0.2) is 4.39 Å². The van der Waals surface area contributed by atoms with Crippen molar-refractivity contribution < 1.29 is 23.8 Å². The van der Waals surface area contributed by atoms with E-state index in [9.17, 15) is 19.1 Å². The van der Waals surface area contributed by atoms with Gasteiger partial charge in [-0.2, -0.15) is 0 Å². The molecule has 1 aliphatic rings. The highest BCUT2D eigenvalue weighted by molar-refractivity contribution is 6.46. The molecule has 2 heterocycles. The lowest BCUT2D eigenvalue weighted by molar-refractivity contribution is -0.140. The number of hydrogen-bond donors (Lipinski definition) is 1. The van der Waals surface area contributed by atoms with Gasteiger partial charge in [0.2, 0.25) is 0 Å². The van der Waals surface area contributed by atoms with Crippen LogP contribution < -0.4 is 4.74 Å². The monoisotopic (exact) mass is 418 g/mol. The zero-order valence-corrected chi connectivity index (χ0v) is 16.7. The summed E-state index contributed by atoms with van der Waals surface area (Å²) in [6.07, 6.45) is 1.55. The molecule has 2 aromatic carbocycles. The maximum Gasteiger partial charge on any atom is 0.296 e. The van der Waals surface area contributed by atoms with E-state index >= 15 is 0 Å². The highest BCUT2D eigenvalue weighted by atomic mass is 19.1. The lowest BCUT2D eigenvalue weighted by Gasteiger charge is -2.24. The average Bonchev–Trinajstić information content (AvgIpc) is 3.05. The summed E-state index contributed by atoms with van der Waals surface area (Å²) in [6.45, 7) is 0.0504. The molecule has 31 heavy (non-hydrogen) atoms. The van der Waals surface area contributed by atoms with E-state index in [1.54, 1.807) is 60.8 Å². The summed E-state index contributed by atoms with van der Waals surface area (Å²) in [6, 6.07) is 16.6. The summed E-state index contributed by atoms with van der Waals surface area (Å²) in [5.41, 5.74) is 1.29. The van der Waals surface area contributed by atoms with E-state index in [2.05, 4.69) is 4.98 Å². The maximum atomic E-state index is 13.3. The zero-order chi connectivity index (χ0) is 22.0. The van der Waals surface area contributed by atoms with Gasteiger partial charge in [0.25, 0.3) is 11.7 Å². The first kappa shape index (κ1) is 20.3. The Morgan fingerprint density at radius 3 is 2.45 bits per heavy atom. The average molecular weight is 418 g/mol. The molecule has 1 fully saturated rings. The van der Waals surface area contributed by atoms with Crippen LogP contribution in [0.1, 0.15) is 22.9 Å². The molecule has 1 atom stereocenters. The van der Waals surface area contributed by atoms with Crippen LogP contribution in [0.2, 0.25) is 0 Å². The second-order valence-corrected chi connectivity index (χ2v) is 7.01. The molecule has 0 aliphatic carbocycles. The third-order valence-corrected chi connectivity index (χ3v) is 5.14. The number of hydrogen-bond acceptors (Lipinski definition) is 5. The van der Waals surface area contributed by atoms with Crippen molar-refractivity contribution in [3.05, 3.63) is 101 Å². The Balaban J connectivity index is 1.86. The van der Waals surface area contributed by atoms with E-state index in [-0.39, 0.29) is 17.9 Å². The quantitative estimate of drug-likeness (QED) is 0.387. The molecule has 1 saturated heterocycles. The molecule has 1 unspecified atom stereocenters. The predicted octanol–water partition coefficient (Wildman–Crippen LogP) is 3.85. The number of para-hydroxylation sites is 1. The van der Waals surface area contributed by atoms with Gasteiger partial charge >= 0.3 is 0 Å². The van der Waals surface area contributed by atoms with Crippen molar-refractivity contribution in [3.8, 4) is 5.75 Å². The minimum atomic E-state index is -0.906. The topological polar surface area (TPSA) is 79.7 Å². The van der Waals surface area contributed by atoms with Crippen LogP contribution in [0.5, 0.6) is 5.75 Å². The molecule has 0 saturated carbocycles. The van der Waals surface area contributed by atoms with Crippen molar-refractivity contribution in [1.82, 2.24) is 9.88 Å². The molecule has 1 N–H and O–H groups in total. The molecule has 1 aromatic heterocycles. The number of methoxy groups -OCH3 is 1. The summed E-state index contributed by atoms with van der Waals surface area (Å²) in [5, 5.41) is 11.1. The molecular weight excluding hydrogens is 399 g/mol. The number of rotatable bonds is 5.